The molecule has 2 aromatic carbocycles. The lowest BCUT2D eigenvalue weighted by Gasteiger charge is -2.02. The average Bonchev–Trinajstić information content (AvgIpc) is 3.01. The van der Waals surface area contributed by atoms with Crippen LogP contribution in [-0.4, -0.2) is 22.4 Å². The molecule has 0 unspecified atom stereocenters. The van der Waals surface area contributed by atoms with Crippen LogP contribution in [0.15, 0.2) is 58.0 Å². The molecular weight excluding hydrogens is 345 g/mol. The summed E-state index contributed by atoms with van der Waals surface area (Å²) in [6.07, 6.45) is 0. The van der Waals surface area contributed by atoms with Gasteiger partial charge in [-0.25, -0.2) is 14.8 Å². The lowest BCUT2D eigenvalue weighted by molar-refractivity contribution is -0.118. The first-order valence-electron chi connectivity index (χ1n) is 7.19. The first-order valence-corrected chi connectivity index (χ1v) is 8.99. The first-order chi connectivity index (χ1) is 11.6. The predicted octanol–water partition coefficient (Wildman–Crippen LogP) is 4.07. The highest BCUT2D eigenvalue weighted by atomic mass is 32.2. The summed E-state index contributed by atoms with van der Waals surface area (Å²) in [7, 11) is 0. The van der Waals surface area contributed by atoms with E-state index in [9.17, 15) is 9.18 Å². The van der Waals surface area contributed by atoms with E-state index < -0.39 is 0 Å². The molecule has 1 N–H and O–H groups in total. The number of nitrogens with one attached hydrogen (secondary N) is 1. The highest BCUT2D eigenvalue weighted by molar-refractivity contribution is 8.01. The molecule has 7 heteroatoms. The number of halogens is 1. The van der Waals surface area contributed by atoms with Crippen LogP contribution < -0.4 is 5.43 Å². The van der Waals surface area contributed by atoms with Crippen molar-refractivity contribution >= 4 is 44.9 Å². The second-order valence-corrected chi connectivity index (χ2v) is 7.23. The van der Waals surface area contributed by atoms with Crippen molar-refractivity contribution in [2.24, 2.45) is 5.10 Å². The number of amides is 1. The Bertz CT molecular complexity index is 857. The van der Waals surface area contributed by atoms with Gasteiger partial charge in [0.1, 0.15) is 5.82 Å². The molecule has 0 spiro atoms. The van der Waals surface area contributed by atoms with Crippen LogP contribution in [0, 0.1) is 5.82 Å². The summed E-state index contributed by atoms with van der Waals surface area (Å²) in [6.45, 7) is 1.76. The summed E-state index contributed by atoms with van der Waals surface area (Å²) >= 11 is 2.94. The van der Waals surface area contributed by atoms with Crippen molar-refractivity contribution < 1.29 is 9.18 Å². The summed E-state index contributed by atoms with van der Waals surface area (Å²) in [5.41, 5.74) is 4.83. The quantitative estimate of drug-likeness (QED) is 0.424. The normalized spacial score (nSPS) is 11.7. The van der Waals surface area contributed by atoms with Gasteiger partial charge < -0.3 is 0 Å². The SMILES string of the molecule is C/C(=N/NC(=O)CSc1nc2ccccc2s1)c1ccc(F)cc1. The number of carbonyl (C=O) groups excluding carboxylic acids is 1. The molecule has 1 amide bonds. The van der Waals surface area contributed by atoms with Gasteiger partial charge in [0.05, 0.1) is 21.7 Å². The van der Waals surface area contributed by atoms with Crippen molar-refractivity contribution in [2.45, 2.75) is 11.3 Å². The number of benzene rings is 2. The number of hydrazone groups is 1. The third-order valence-electron chi connectivity index (χ3n) is 3.21. The molecule has 4 nitrogen and oxygen atoms in total. The van der Waals surface area contributed by atoms with Crippen molar-refractivity contribution in [1.29, 1.82) is 0 Å². The molecule has 3 aromatic rings. The van der Waals surface area contributed by atoms with Gasteiger partial charge in [-0.15, -0.1) is 11.3 Å². The van der Waals surface area contributed by atoms with Crippen molar-refractivity contribution in [2.75, 3.05) is 5.75 Å². The number of nitrogens with zero attached hydrogens (tertiary/aromatic N) is 2. The van der Waals surface area contributed by atoms with E-state index in [0.29, 0.717) is 5.71 Å². The molecule has 1 heterocycles. The van der Waals surface area contributed by atoms with Gasteiger partial charge in [0.2, 0.25) is 0 Å². The van der Waals surface area contributed by atoms with E-state index in [2.05, 4.69) is 15.5 Å². The summed E-state index contributed by atoms with van der Waals surface area (Å²) in [6, 6.07) is 13.8. The zero-order valence-electron chi connectivity index (χ0n) is 12.8. The van der Waals surface area contributed by atoms with Gasteiger partial charge in [-0.2, -0.15) is 5.10 Å². The molecule has 0 saturated carbocycles. The molecule has 0 radical (unpaired) electrons. The van der Waals surface area contributed by atoms with Crippen molar-refractivity contribution in [3.05, 3.63) is 59.9 Å². The molecule has 0 aliphatic heterocycles. The van der Waals surface area contributed by atoms with E-state index in [1.54, 1.807) is 30.4 Å². The number of fused-ring (bicyclic) bond motifs is 1. The Labute approximate surface area is 146 Å². The standard InChI is InChI=1S/C17H14FN3OS2/c1-11(12-6-8-13(18)9-7-12)20-21-16(22)10-23-17-19-14-4-2-3-5-15(14)24-17/h2-9H,10H2,1H3,(H,21,22)/b20-11-. The lowest BCUT2D eigenvalue weighted by atomic mass is 10.1. The Kier molecular flexibility index (Phi) is 5.22. The number of para-hydroxylation sites is 1. The minimum Gasteiger partial charge on any atom is -0.272 e. The molecule has 0 aliphatic carbocycles. The number of thioether (sulfide) groups is 1. The van der Waals surface area contributed by atoms with E-state index >= 15 is 0 Å². The number of rotatable bonds is 5. The Balaban J connectivity index is 1.55. The second-order valence-electron chi connectivity index (χ2n) is 4.98. The van der Waals surface area contributed by atoms with Crippen LogP contribution in [0.5, 0.6) is 0 Å². The molecule has 0 bridgehead atoms. The molecule has 122 valence electrons. The highest BCUT2D eigenvalue weighted by Crippen LogP contribution is 2.28. The Morgan fingerprint density at radius 1 is 1.25 bits per heavy atom. The summed E-state index contributed by atoms with van der Waals surface area (Å²) in [4.78, 5) is 16.4. The fraction of sp³-hybridized carbons (Fsp3) is 0.118. The van der Waals surface area contributed by atoms with Crippen molar-refractivity contribution in [3.8, 4) is 0 Å². The number of hydrogen-bond donors (Lipinski definition) is 1. The molecule has 0 fully saturated rings. The largest absolute Gasteiger partial charge is 0.272 e. The fourth-order valence-corrected chi connectivity index (χ4v) is 3.84. The summed E-state index contributed by atoms with van der Waals surface area (Å²) in [5.74, 6) is -0.274. The van der Waals surface area contributed by atoms with Gasteiger partial charge in [-0.05, 0) is 36.8 Å². The maximum atomic E-state index is 12.9. The van der Waals surface area contributed by atoms with E-state index in [0.717, 1.165) is 20.1 Å². The fourth-order valence-electron chi connectivity index (χ4n) is 1.97. The van der Waals surface area contributed by atoms with E-state index in [1.807, 2.05) is 24.3 Å². The van der Waals surface area contributed by atoms with Crippen molar-refractivity contribution in [3.63, 3.8) is 0 Å². The molecule has 0 aliphatic rings. The van der Waals surface area contributed by atoms with Gasteiger partial charge in [0.25, 0.3) is 5.91 Å². The van der Waals surface area contributed by atoms with Crippen LogP contribution in [-0.2, 0) is 4.79 Å². The number of carbonyl (C=O) groups is 1. The van der Waals surface area contributed by atoms with Crippen LogP contribution in [0.1, 0.15) is 12.5 Å². The van der Waals surface area contributed by atoms with Gasteiger partial charge in [-0.3, -0.25) is 4.79 Å². The smallest absolute Gasteiger partial charge is 0.250 e. The Hall–Kier alpha value is -2.25. The summed E-state index contributed by atoms with van der Waals surface area (Å²) in [5, 5.41) is 4.04. The monoisotopic (exact) mass is 359 g/mol. The van der Waals surface area contributed by atoms with Gasteiger partial charge in [-0.1, -0.05) is 36.0 Å². The molecule has 0 saturated heterocycles. The van der Waals surface area contributed by atoms with E-state index in [4.69, 9.17) is 0 Å². The zero-order valence-corrected chi connectivity index (χ0v) is 14.5. The predicted molar refractivity (Wildman–Crippen MR) is 97.1 cm³/mol. The molecule has 24 heavy (non-hydrogen) atoms. The number of hydrogen-bond acceptors (Lipinski definition) is 5. The second kappa shape index (κ2) is 7.55. The summed E-state index contributed by atoms with van der Waals surface area (Å²) < 4.78 is 14.8. The van der Waals surface area contributed by atoms with Gasteiger partial charge in [0, 0.05) is 0 Å². The maximum Gasteiger partial charge on any atom is 0.250 e. The molecule has 1 aromatic heterocycles. The average molecular weight is 359 g/mol. The Morgan fingerprint density at radius 2 is 2.00 bits per heavy atom. The molecule has 3 rings (SSSR count). The van der Waals surface area contributed by atoms with Crippen LogP contribution >= 0.6 is 23.1 Å². The van der Waals surface area contributed by atoms with E-state index in [-0.39, 0.29) is 17.5 Å². The van der Waals surface area contributed by atoms with Crippen LogP contribution in [0.25, 0.3) is 10.2 Å². The van der Waals surface area contributed by atoms with Crippen LogP contribution in [0.2, 0.25) is 0 Å². The third-order valence-corrected chi connectivity index (χ3v) is 5.39. The van der Waals surface area contributed by atoms with E-state index in [1.165, 1.54) is 23.9 Å². The van der Waals surface area contributed by atoms with Crippen LogP contribution in [0.4, 0.5) is 4.39 Å². The zero-order chi connectivity index (χ0) is 16.9. The first kappa shape index (κ1) is 16.6. The molecular formula is C17H14FN3OS2. The minimum atomic E-state index is -0.303. The van der Waals surface area contributed by atoms with Crippen LogP contribution in [0.3, 0.4) is 0 Å². The minimum absolute atomic E-state index is 0.208. The lowest BCUT2D eigenvalue weighted by Crippen LogP contribution is -2.21. The van der Waals surface area contributed by atoms with Crippen molar-refractivity contribution in [1.82, 2.24) is 10.4 Å². The third kappa shape index (κ3) is 4.18. The van der Waals surface area contributed by atoms with Gasteiger partial charge in [0.15, 0.2) is 4.34 Å². The topological polar surface area (TPSA) is 54.4 Å². The Morgan fingerprint density at radius 3 is 2.75 bits per heavy atom. The molecule has 0 atom stereocenters. The maximum absolute atomic E-state index is 12.9. The number of aromatic nitrogens is 1. The number of thiazole rings is 1. The van der Waals surface area contributed by atoms with Gasteiger partial charge >= 0.3 is 0 Å². The highest BCUT2D eigenvalue weighted by Gasteiger charge is 2.07.